The van der Waals surface area contributed by atoms with E-state index in [4.69, 9.17) is 4.74 Å². The SMILES string of the molecule is COC(=O)c1c(NC(=O)N2CCC[C@H]2c2ccc(F)cc2)sc2c1CCCC2. The Morgan fingerprint density at radius 1 is 1.18 bits per heavy atom. The molecular formula is C21H23FN2O3S. The van der Waals surface area contributed by atoms with E-state index in [1.54, 1.807) is 17.0 Å². The summed E-state index contributed by atoms with van der Waals surface area (Å²) in [5.74, 6) is -0.684. The van der Waals surface area contributed by atoms with Gasteiger partial charge in [0.15, 0.2) is 0 Å². The second-order valence-corrected chi connectivity index (χ2v) is 8.34. The van der Waals surface area contributed by atoms with Gasteiger partial charge in [-0.1, -0.05) is 12.1 Å². The predicted octanol–water partition coefficient (Wildman–Crippen LogP) is 4.92. The van der Waals surface area contributed by atoms with Crippen molar-refractivity contribution in [3.05, 3.63) is 51.7 Å². The number of thiophene rings is 1. The average molecular weight is 402 g/mol. The largest absolute Gasteiger partial charge is 0.465 e. The van der Waals surface area contributed by atoms with Gasteiger partial charge < -0.3 is 9.64 Å². The molecular weight excluding hydrogens is 379 g/mol. The van der Waals surface area contributed by atoms with Crippen LogP contribution in [0, 0.1) is 5.82 Å². The Morgan fingerprint density at radius 2 is 1.93 bits per heavy atom. The van der Waals surface area contributed by atoms with Crippen LogP contribution < -0.4 is 5.32 Å². The van der Waals surface area contributed by atoms with Gasteiger partial charge in [-0.25, -0.2) is 14.0 Å². The lowest BCUT2D eigenvalue weighted by molar-refractivity contribution is 0.0601. The van der Waals surface area contributed by atoms with E-state index in [1.165, 1.54) is 35.5 Å². The third-order valence-electron chi connectivity index (χ3n) is 5.55. The van der Waals surface area contributed by atoms with Crippen LogP contribution >= 0.6 is 11.3 Å². The highest BCUT2D eigenvalue weighted by molar-refractivity contribution is 7.17. The number of likely N-dealkylation sites (tertiary alicyclic amines) is 1. The number of carbonyl (C=O) groups excluding carboxylic acids is 2. The highest BCUT2D eigenvalue weighted by atomic mass is 32.1. The summed E-state index contributed by atoms with van der Waals surface area (Å²) in [5.41, 5.74) is 2.45. The lowest BCUT2D eigenvalue weighted by atomic mass is 9.95. The highest BCUT2D eigenvalue weighted by Crippen LogP contribution is 2.39. The summed E-state index contributed by atoms with van der Waals surface area (Å²) >= 11 is 1.48. The number of urea groups is 1. The van der Waals surface area contributed by atoms with Crippen molar-refractivity contribution in [2.45, 2.75) is 44.6 Å². The summed E-state index contributed by atoms with van der Waals surface area (Å²) in [5, 5.41) is 3.54. The maximum absolute atomic E-state index is 13.2. The summed E-state index contributed by atoms with van der Waals surface area (Å²) in [4.78, 5) is 28.3. The van der Waals surface area contributed by atoms with Gasteiger partial charge in [-0.3, -0.25) is 5.32 Å². The Bertz CT molecular complexity index is 894. The molecule has 1 fully saturated rings. The first-order valence-electron chi connectivity index (χ1n) is 9.64. The number of esters is 1. The van der Waals surface area contributed by atoms with Crippen LogP contribution in [0.5, 0.6) is 0 Å². The summed E-state index contributed by atoms with van der Waals surface area (Å²) in [7, 11) is 1.37. The van der Waals surface area contributed by atoms with E-state index in [9.17, 15) is 14.0 Å². The van der Waals surface area contributed by atoms with E-state index in [1.807, 2.05) is 0 Å². The first-order valence-corrected chi connectivity index (χ1v) is 10.5. The van der Waals surface area contributed by atoms with Crippen molar-refractivity contribution in [2.24, 2.45) is 0 Å². The fourth-order valence-corrected chi connectivity index (χ4v) is 5.45. The van der Waals surface area contributed by atoms with Crippen LogP contribution in [0.25, 0.3) is 0 Å². The topological polar surface area (TPSA) is 58.6 Å². The first-order chi connectivity index (χ1) is 13.6. The molecule has 0 bridgehead atoms. The van der Waals surface area contributed by atoms with Gasteiger partial charge in [-0.2, -0.15) is 0 Å². The summed E-state index contributed by atoms with van der Waals surface area (Å²) < 4.78 is 18.2. The molecule has 2 aliphatic rings. The monoisotopic (exact) mass is 402 g/mol. The summed E-state index contributed by atoms with van der Waals surface area (Å²) in [6.07, 6.45) is 5.64. The van der Waals surface area contributed by atoms with E-state index in [0.29, 0.717) is 17.1 Å². The van der Waals surface area contributed by atoms with Gasteiger partial charge in [0, 0.05) is 11.4 Å². The van der Waals surface area contributed by atoms with Crippen molar-refractivity contribution in [3.63, 3.8) is 0 Å². The number of amides is 2. The molecule has 4 rings (SSSR count). The third kappa shape index (κ3) is 3.51. The minimum atomic E-state index is -0.397. The molecule has 1 atom stereocenters. The van der Waals surface area contributed by atoms with Crippen LogP contribution in [-0.2, 0) is 17.6 Å². The molecule has 0 radical (unpaired) electrons. The number of methoxy groups -OCH3 is 1. The van der Waals surface area contributed by atoms with Crippen LogP contribution in [0.4, 0.5) is 14.2 Å². The van der Waals surface area contributed by atoms with Crippen LogP contribution in [-0.4, -0.2) is 30.6 Å². The second-order valence-electron chi connectivity index (χ2n) is 7.24. The molecule has 1 saturated heterocycles. The average Bonchev–Trinajstić information content (AvgIpc) is 3.32. The molecule has 2 heterocycles. The number of carbonyl (C=O) groups is 2. The molecule has 2 amide bonds. The number of benzene rings is 1. The Balaban J connectivity index is 1.58. The lowest BCUT2D eigenvalue weighted by Crippen LogP contribution is -2.34. The molecule has 1 N–H and O–H groups in total. The van der Waals surface area contributed by atoms with E-state index in [0.717, 1.165) is 49.7 Å². The molecule has 5 nitrogen and oxygen atoms in total. The minimum absolute atomic E-state index is 0.0863. The third-order valence-corrected chi connectivity index (χ3v) is 6.76. The van der Waals surface area contributed by atoms with Gasteiger partial charge in [-0.05, 0) is 61.8 Å². The zero-order chi connectivity index (χ0) is 19.7. The fourth-order valence-electron chi connectivity index (χ4n) is 4.18. The Morgan fingerprint density at radius 3 is 2.68 bits per heavy atom. The van der Waals surface area contributed by atoms with Crippen LogP contribution in [0.2, 0.25) is 0 Å². The molecule has 28 heavy (non-hydrogen) atoms. The van der Waals surface area contributed by atoms with Crippen molar-refractivity contribution in [2.75, 3.05) is 19.0 Å². The second kappa shape index (κ2) is 7.91. The molecule has 1 aliphatic heterocycles. The quantitative estimate of drug-likeness (QED) is 0.741. The van der Waals surface area contributed by atoms with Crippen molar-refractivity contribution in [3.8, 4) is 0 Å². The zero-order valence-electron chi connectivity index (χ0n) is 15.8. The maximum Gasteiger partial charge on any atom is 0.341 e. The maximum atomic E-state index is 13.2. The van der Waals surface area contributed by atoms with Crippen molar-refractivity contribution in [1.82, 2.24) is 4.90 Å². The molecule has 1 aliphatic carbocycles. The smallest absolute Gasteiger partial charge is 0.341 e. The predicted molar refractivity (Wildman–Crippen MR) is 106 cm³/mol. The van der Waals surface area contributed by atoms with Crippen molar-refractivity contribution >= 4 is 28.3 Å². The molecule has 7 heteroatoms. The van der Waals surface area contributed by atoms with Crippen molar-refractivity contribution in [1.29, 1.82) is 0 Å². The lowest BCUT2D eigenvalue weighted by Gasteiger charge is -2.25. The number of hydrogen-bond donors (Lipinski definition) is 1. The number of ether oxygens (including phenoxy) is 1. The standard InChI is InChI=1S/C21H23FN2O3S/c1-27-20(25)18-15-5-2-3-7-17(15)28-19(18)23-21(26)24-12-4-6-16(24)13-8-10-14(22)11-9-13/h8-11,16H,2-7,12H2,1H3,(H,23,26)/t16-/m0/s1. The zero-order valence-corrected chi connectivity index (χ0v) is 16.6. The number of fused-ring (bicyclic) bond motifs is 1. The van der Waals surface area contributed by atoms with E-state index in [-0.39, 0.29) is 17.9 Å². The number of aryl methyl sites for hydroxylation is 1. The molecule has 2 aromatic rings. The number of nitrogens with one attached hydrogen (secondary N) is 1. The van der Waals surface area contributed by atoms with E-state index >= 15 is 0 Å². The molecule has 1 aromatic carbocycles. The number of nitrogens with zero attached hydrogens (tertiary/aromatic N) is 1. The van der Waals surface area contributed by atoms with Gasteiger partial charge in [0.05, 0.1) is 18.7 Å². The van der Waals surface area contributed by atoms with Gasteiger partial charge >= 0.3 is 12.0 Å². The Hall–Kier alpha value is -2.41. The van der Waals surface area contributed by atoms with Crippen LogP contribution in [0.1, 0.15) is 58.1 Å². The van der Waals surface area contributed by atoms with Gasteiger partial charge in [0.2, 0.25) is 0 Å². The van der Waals surface area contributed by atoms with E-state index in [2.05, 4.69) is 5.32 Å². The summed E-state index contributed by atoms with van der Waals surface area (Å²) in [6.45, 7) is 0.631. The number of halogens is 1. The van der Waals surface area contributed by atoms with Gasteiger partial charge in [0.25, 0.3) is 0 Å². The van der Waals surface area contributed by atoms with Crippen LogP contribution in [0.3, 0.4) is 0 Å². The molecule has 0 unspecified atom stereocenters. The highest BCUT2D eigenvalue weighted by Gasteiger charge is 2.32. The van der Waals surface area contributed by atoms with Crippen LogP contribution in [0.15, 0.2) is 24.3 Å². The summed E-state index contributed by atoms with van der Waals surface area (Å²) in [6, 6.07) is 6.00. The van der Waals surface area contributed by atoms with Crippen molar-refractivity contribution < 1.29 is 18.7 Å². The Labute approximate surface area is 167 Å². The van der Waals surface area contributed by atoms with Gasteiger partial charge in [0.1, 0.15) is 10.8 Å². The number of hydrogen-bond acceptors (Lipinski definition) is 4. The fraction of sp³-hybridized carbons (Fsp3) is 0.429. The Kier molecular flexibility index (Phi) is 5.35. The number of anilines is 1. The first kappa shape index (κ1) is 18.9. The molecule has 148 valence electrons. The molecule has 1 aromatic heterocycles. The van der Waals surface area contributed by atoms with E-state index < -0.39 is 5.97 Å². The number of rotatable bonds is 3. The van der Waals surface area contributed by atoms with Gasteiger partial charge in [-0.15, -0.1) is 11.3 Å². The minimum Gasteiger partial charge on any atom is -0.465 e. The molecule has 0 spiro atoms. The normalized spacial score (nSPS) is 18.6. The molecule has 0 saturated carbocycles.